The van der Waals surface area contributed by atoms with Crippen LogP contribution in [0.3, 0.4) is 0 Å². The Morgan fingerprint density at radius 3 is 2.73 bits per heavy atom. The molecule has 0 fully saturated rings. The summed E-state index contributed by atoms with van der Waals surface area (Å²) >= 11 is 0. The van der Waals surface area contributed by atoms with E-state index < -0.39 is 0 Å². The van der Waals surface area contributed by atoms with Crippen LogP contribution in [-0.2, 0) is 0 Å². The summed E-state index contributed by atoms with van der Waals surface area (Å²) in [5, 5.41) is 0.777. The Balaban J connectivity index is 0.00000112. The van der Waals surface area contributed by atoms with E-state index >= 15 is 0 Å². The van der Waals surface area contributed by atoms with Crippen molar-refractivity contribution < 1.29 is 4.48 Å². The molecule has 0 unspecified atom stereocenters. The zero-order valence-corrected chi connectivity index (χ0v) is 10.6. The largest absolute Gasteiger partial charge is 0.207 e. The fourth-order valence-electron chi connectivity index (χ4n) is 1.66. The second kappa shape index (κ2) is 4.79. The fraction of sp³-hybridized carbons (Fsp3) is 0.333. The number of anilines is 1. The maximum atomic E-state index is 13.3. The minimum Gasteiger partial charge on any atom is -0.207 e. The summed E-state index contributed by atoms with van der Waals surface area (Å²) < 4.78 is 13.3. The van der Waals surface area contributed by atoms with Crippen LogP contribution in [0.5, 0.6) is 0 Å². The zero-order valence-electron chi connectivity index (χ0n) is 8.90. The van der Waals surface area contributed by atoms with E-state index in [-0.39, 0.29) is 17.0 Å². The molecule has 0 saturated heterocycles. The van der Waals surface area contributed by atoms with Crippen LogP contribution >= 0.6 is 17.0 Å². The van der Waals surface area contributed by atoms with Crippen LogP contribution in [0.25, 0.3) is 6.08 Å². The van der Waals surface area contributed by atoms with Crippen LogP contribution in [0.15, 0.2) is 24.3 Å². The molecule has 1 aromatic rings. The van der Waals surface area contributed by atoms with Gasteiger partial charge in [0.2, 0.25) is 0 Å². The Kier molecular flexibility index (Phi) is 3.91. The number of nitrogens with zero attached hydrogens (tertiary/aromatic N) is 1. The van der Waals surface area contributed by atoms with Crippen molar-refractivity contribution in [2.45, 2.75) is 19.8 Å². The molecule has 1 aromatic carbocycles. The minimum absolute atomic E-state index is 0. The van der Waals surface area contributed by atoms with Crippen molar-refractivity contribution in [3.8, 4) is 0 Å². The third-order valence-electron chi connectivity index (χ3n) is 2.54. The van der Waals surface area contributed by atoms with E-state index in [9.17, 15) is 4.48 Å². The van der Waals surface area contributed by atoms with Gasteiger partial charge in [0.1, 0.15) is 0 Å². The normalized spacial score (nSPS) is 13.7. The van der Waals surface area contributed by atoms with E-state index in [4.69, 9.17) is 0 Å². The number of rotatable bonds is 1. The molecule has 0 atom stereocenters. The summed E-state index contributed by atoms with van der Waals surface area (Å²) in [7, 11) is 0. The predicted octanol–water partition coefficient (Wildman–Crippen LogP) is 4.11. The number of benzene rings is 1. The summed E-state index contributed by atoms with van der Waals surface area (Å²) in [6, 6.07) is 5.91. The smallest absolute Gasteiger partial charge is 0.0763 e. The van der Waals surface area contributed by atoms with Crippen molar-refractivity contribution in [3.63, 3.8) is 0 Å². The lowest BCUT2D eigenvalue weighted by Gasteiger charge is -2.20. The molecular formula is C12H15BrFN. The van der Waals surface area contributed by atoms with Crippen molar-refractivity contribution in [1.82, 2.24) is 0 Å². The molecule has 1 aliphatic rings. The van der Waals surface area contributed by atoms with Gasteiger partial charge in [-0.25, -0.2) is 5.12 Å². The van der Waals surface area contributed by atoms with Gasteiger partial charge in [-0.15, -0.1) is 17.0 Å². The van der Waals surface area contributed by atoms with Crippen LogP contribution in [0.1, 0.15) is 30.9 Å². The van der Waals surface area contributed by atoms with Gasteiger partial charge in [-0.1, -0.05) is 36.5 Å². The summed E-state index contributed by atoms with van der Waals surface area (Å²) in [4.78, 5) is 0. The van der Waals surface area contributed by atoms with Gasteiger partial charge in [0.05, 0.1) is 12.2 Å². The molecule has 1 aliphatic heterocycles. The van der Waals surface area contributed by atoms with Crippen LogP contribution in [0, 0.1) is 0 Å². The van der Waals surface area contributed by atoms with E-state index in [2.05, 4.69) is 19.9 Å². The summed E-state index contributed by atoms with van der Waals surface area (Å²) in [6.45, 7) is 4.64. The van der Waals surface area contributed by atoms with Gasteiger partial charge in [0.15, 0.2) is 0 Å². The van der Waals surface area contributed by atoms with Gasteiger partial charge in [0.25, 0.3) is 0 Å². The van der Waals surface area contributed by atoms with Crippen molar-refractivity contribution >= 4 is 28.7 Å². The molecule has 1 heterocycles. The SMILES string of the molecule is Br.CC(C)c1ccc2c(c1)C=CCN2F. The first-order chi connectivity index (χ1) is 6.68. The molecule has 0 amide bonds. The Bertz CT molecular complexity index is 374. The molecule has 0 saturated carbocycles. The molecule has 2 rings (SSSR count). The van der Waals surface area contributed by atoms with Gasteiger partial charge in [-0.3, -0.25) is 0 Å². The van der Waals surface area contributed by atoms with Gasteiger partial charge in [0, 0.05) is 5.56 Å². The average Bonchev–Trinajstić information content (AvgIpc) is 2.17. The lowest BCUT2D eigenvalue weighted by Crippen LogP contribution is -2.15. The van der Waals surface area contributed by atoms with Gasteiger partial charge < -0.3 is 0 Å². The molecular weight excluding hydrogens is 257 g/mol. The topological polar surface area (TPSA) is 3.24 Å². The number of halogens is 2. The maximum absolute atomic E-state index is 13.3. The molecule has 15 heavy (non-hydrogen) atoms. The molecule has 3 heteroatoms. The minimum atomic E-state index is 0. The Labute approximate surface area is 100 Å². The van der Waals surface area contributed by atoms with Gasteiger partial charge in [-0.05, 0) is 23.6 Å². The average molecular weight is 272 g/mol. The molecule has 0 aromatic heterocycles. The Morgan fingerprint density at radius 1 is 1.33 bits per heavy atom. The highest BCUT2D eigenvalue weighted by Gasteiger charge is 2.13. The third kappa shape index (κ3) is 2.40. The first-order valence-corrected chi connectivity index (χ1v) is 4.92. The molecule has 1 nitrogen and oxygen atoms in total. The Morgan fingerprint density at radius 2 is 2.07 bits per heavy atom. The van der Waals surface area contributed by atoms with Crippen LogP contribution in [0.2, 0.25) is 0 Å². The Hall–Kier alpha value is -0.830. The van der Waals surface area contributed by atoms with Crippen molar-refractivity contribution in [1.29, 1.82) is 0 Å². The molecule has 82 valence electrons. The number of fused-ring (bicyclic) bond motifs is 1. The zero-order chi connectivity index (χ0) is 10.1. The quantitative estimate of drug-likeness (QED) is 0.695. The predicted molar refractivity (Wildman–Crippen MR) is 68.3 cm³/mol. The molecule has 0 bridgehead atoms. The standard InChI is InChI=1S/C12H14FN.BrH/c1-9(2)10-5-6-12-11(8-10)4-3-7-14(12)13;/h3-6,8-9H,7H2,1-2H3;1H. The number of hydrogen-bond donors (Lipinski definition) is 0. The first kappa shape index (κ1) is 12.2. The van der Waals surface area contributed by atoms with Crippen LogP contribution in [-0.4, -0.2) is 6.54 Å². The lowest BCUT2D eigenvalue weighted by molar-refractivity contribution is 0.453. The van der Waals surface area contributed by atoms with E-state index in [0.29, 0.717) is 18.2 Å². The highest BCUT2D eigenvalue weighted by atomic mass is 79.9. The molecule has 0 radical (unpaired) electrons. The number of hydrogen-bond acceptors (Lipinski definition) is 1. The third-order valence-corrected chi connectivity index (χ3v) is 2.54. The molecule has 0 N–H and O–H groups in total. The summed E-state index contributed by atoms with van der Waals surface area (Å²) in [5.41, 5.74) is 2.91. The van der Waals surface area contributed by atoms with Crippen LogP contribution < -0.4 is 5.12 Å². The van der Waals surface area contributed by atoms with Crippen molar-refractivity contribution in [3.05, 3.63) is 35.4 Å². The van der Waals surface area contributed by atoms with E-state index in [1.165, 1.54) is 5.56 Å². The molecule has 0 spiro atoms. The second-order valence-electron chi connectivity index (χ2n) is 3.92. The van der Waals surface area contributed by atoms with E-state index in [0.717, 1.165) is 10.7 Å². The van der Waals surface area contributed by atoms with Crippen molar-refractivity contribution in [2.24, 2.45) is 0 Å². The second-order valence-corrected chi connectivity index (χ2v) is 3.92. The highest BCUT2D eigenvalue weighted by molar-refractivity contribution is 8.93. The van der Waals surface area contributed by atoms with E-state index in [1.807, 2.05) is 24.3 Å². The fourth-order valence-corrected chi connectivity index (χ4v) is 1.66. The van der Waals surface area contributed by atoms with Crippen molar-refractivity contribution in [2.75, 3.05) is 11.7 Å². The monoisotopic (exact) mass is 271 g/mol. The van der Waals surface area contributed by atoms with E-state index in [1.54, 1.807) is 0 Å². The first-order valence-electron chi connectivity index (χ1n) is 4.92. The summed E-state index contributed by atoms with van der Waals surface area (Å²) in [6.07, 6.45) is 3.82. The van der Waals surface area contributed by atoms with Crippen LogP contribution in [0.4, 0.5) is 10.2 Å². The lowest BCUT2D eigenvalue weighted by atomic mass is 9.98. The molecule has 0 aliphatic carbocycles. The van der Waals surface area contributed by atoms with Gasteiger partial charge >= 0.3 is 0 Å². The maximum Gasteiger partial charge on any atom is 0.0763 e. The van der Waals surface area contributed by atoms with Gasteiger partial charge in [-0.2, -0.15) is 0 Å². The summed E-state index contributed by atoms with van der Waals surface area (Å²) in [5.74, 6) is 0.490. The highest BCUT2D eigenvalue weighted by Crippen LogP contribution is 2.29.